The Bertz CT molecular complexity index is 2560. The van der Waals surface area contributed by atoms with Crippen molar-refractivity contribution in [3.05, 3.63) is 87.7 Å². The second-order valence-electron chi connectivity index (χ2n) is 17.2. The van der Waals surface area contributed by atoms with Gasteiger partial charge < -0.3 is 20.2 Å². The van der Waals surface area contributed by atoms with Crippen molar-refractivity contribution in [1.29, 1.82) is 0 Å². The van der Waals surface area contributed by atoms with Crippen LogP contribution in [0.4, 0.5) is 18.9 Å². The van der Waals surface area contributed by atoms with Gasteiger partial charge in [0.1, 0.15) is 6.04 Å². The van der Waals surface area contributed by atoms with E-state index in [1.54, 1.807) is 11.6 Å². The number of fused-ring (bicyclic) bond motifs is 3. The number of imide groups is 1. The number of aryl methyl sites for hydroxylation is 2. The Labute approximate surface area is 344 Å². The summed E-state index contributed by atoms with van der Waals surface area (Å²) in [5.74, 6) is -6.44. The van der Waals surface area contributed by atoms with Gasteiger partial charge in [0.15, 0.2) is 17.4 Å². The van der Waals surface area contributed by atoms with Crippen LogP contribution in [0.15, 0.2) is 53.5 Å². The third-order valence-corrected chi connectivity index (χ3v) is 13.5. The van der Waals surface area contributed by atoms with Gasteiger partial charge in [-0.3, -0.25) is 33.5 Å². The standard InChI is InChI=1S/C44H49F3N8O5/c1-51-37-17-25(6-11-35(37)55(44(51)60)36-12-13-38(56)49-43(36)59)3-2-15-52-21-27-14-16-53(23-29(27)22-52)31-10-7-28-24-54(50-34(28)18-31)30-8-4-26(5-9-30)20-48-42(58)32-19-33(45)41(57)40(47)39(32)46/h6-7,10-11,17-19,24,26-27,29-30,36,57H,2-5,8-9,12-16,20-23H2,1H3,(H,48,58)(H,49,56,59)/t26-,27-,29-,30-,36?/m0/s1. The Morgan fingerprint density at radius 2 is 1.72 bits per heavy atom. The number of aromatic hydroxyl groups is 1. The second kappa shape index (κ2) is 16.1. The predicted molar refractivity (Wildman–Crippen MR) is 218 cm³/mol. The maximum absolute atomic E-state index is 14.2. The Balaban J connectivity index is 0.753. The summed E-state index contributed by atoms with van der Waals surface area (Å²) < 4.78 is 46.8. The summed E-state index contributed by atoms with van der Waals surface area (Å²) in [6.45, 7) is 5.44. The second-order valence-corrected chi connectivity index (χ2v) is 17.2. The van der Waals surface area contributed by atoms with Crippen LogP contribution in [0.3, 0.4) is 0 Å². The lowest BCUT2D eigenvalue weighted by molar-refractivity contribution is -0.135. The minimum absolute atomic E-state index is 0.132. The molecule has 3 aromatic carbocycles. The number of imidazole rings is 1. The van der Waals surface area contributed by atoms with Crippen LogP contribution in [0.1, 0.15) is 79.4 Å². The molecule has 5 heterocycles. The van der Waals surface area contributed by atoms with Crippen LogP contribution in [-0.4, -0.2) is 85.9 Å². The van der Waals surface area contributed by atoms with Gasteiger partial charge in [-0.25, -0.2) is 13.6 Å². The molecule has 4 fully saturated rings. The number of amides is 3. The summed E-state index contributed by atoms with van der Waals surface area (Å²) in [5.41, 5.74) is 3.76. The number of piperidine rings is 2. The van der Waals surface area contributed by atoms with Gasteiger partial charge in [-0.2, -0.15) is 9.49 Å². The number of likely N-dealkylation sites (tertiary alicyclic amines) is 1. The van der Waals surface area contributed by atoms with Gasteiger partial charge in [-0.1, -0.05) is 6.07 Å². The highest BCUT2D eigenvalue weighted by atomic mass is 19.2. The van der Waals surface area contributed by atoms with Gasteiger partial charge in [0, 0.05) is 63.5 Å². The third kappa shape index (κ3) is 7.54. The zero-order valence-corrected chi connectivity index (χ0v) is 33.5. The van der Waals surface area contributed by atoms with E-state index >= 15 is 0 Å². The van der Waals surface area contributed by atoms with E-state index in [9.17, 15) is 37.5 Å². The van der Waals surface area contributed by atoms with Gasteiger partial charge in [-0.05, 0) is 118 Å². The van der Waals surface area contributed by atoms with Crippen molar-refractivity contribution in [2.45, 2.75) is 69.9 Å². The molecule has 3 saturated heterocycles. The Hall–Kier alpha value is -5.64. The van der Waals surface area contributed by atoms with E-state index in [1.807, 2.05) is 12.1 Å². The Kier molecular flexibility index (Phi) is 10.7. The first-order valence-electron chi connectivity index (χ1n) is 21.1. The molecule has 4 aliphatic rings. The smallest absolute Gasteiger partial charge is 0.329 e. The molecule has 13 nitrogen and oxygen atoms in total. The molecular formula is C44H49F3N8O5. The lowest BCUT2D eigenvalue weighted by Gasteiger charge is -2.36. The number of nitrogens with one attached hydrogen (secondary N) is 2. The molecule has 0 spiro atoms. The number of carbonyl (C=O) groups excluding carboxylic acids is 3. The molecule has 0 bridgehead atoms. The first kappa shape index (κ1) is 39.8. The van der Waals surface area contributed by atoms with Gasteiger partial charge in [0.05, 0.1) is 28.2 Å². The molecule has 5 aromatic rings. The first-order chi connectivity index (χ1) is 28.9. The highest BCUT2D eigenvalue weighted by Crippen LogP contribution is 2.36. The molecule has 1 saturated carbocycles. The summed E-state index contributed by atoms with van der Waals surface area (Å²) in [7, 11) is 1.73. The van der Waals surface area contributed by atoms with Crippen molar-refractivity contribution in [3.63, 3.8) is 0 Å². The number of rotatable bonds is 10. The van der Waals surface area contributed by atoms with E-state index in [4.69, 9.17) is 5.10 Å². The van der Waals surface area contributed by atoms with Crippen molar-refractivity contribution in [3.8, 4) is 5.75 Å². The minimum Gasteiger partial charge on any atom is -0.503 e. The van der Waals surface area contributed by atoms with E-state index in [2.05, 4.69) is 55.6 Å². The summed E-state index contributed by atoms with van der Waals surface area (Å²) >= 11 is 0. The molecule has 1 aliphatic carbocycles. The number of hydrogen-bond donors (Lipinski definition) is 3. The lowest BCUT2D eigenvalue weighted by Crippen LogP contribution is -2.44. The maximum Gasteiger partial charge on any atom is 0.329 e. The number of aromatic nitrogens is 4. The quantitative estimate of drug-likeness (QED) is 0.126. The van der Waals surface area contributed by atoms with Gasteiger partial charge in [0.25, 0.3) is 5.91 Å². The van der Waals surface area contributed by atoms with E-state index < -0.39 is 46.6 Å². The van der Waals surface area contributed by atoms with Gasteiger partial charge in [-0.15, -0.1) is 0 Å². The molecule has 9 rings (SSSR count). The topological polar surface area (TPSA) is 147 Å². The summed E-state index contributed by atoms with van der Waals surface area (Å²) in [4.78, 5) is 55.0. The zero-order chi connectivity index (χ0) is 41.8. The number of benzene rings is 3. The van der Waals surface area contributed by atoms with Crippen LogP contribution >= 0.6 is 0 Å². The predicted octanol–water partition coefficient (Wildman–Crippen LogP) is 5.34. The van der Waals surface area contributed by atoms with Gasteiger partial charge >= 0.3 is 5.69 Å². The van der Waals surface area contributed by atoms with Crippen molar-refractivity contribution >= 4 is 45.3 Å². The van der Waals surface area contributed by atoms with Crippen LogP contribution in [0.25, 0.3) is 21.9 Å². The molecule has 1 unspecified atom stereocenters. The van der Waals surface area contributed by atoms with Crippen LogP contribution in [0, 0.1) is 35.2 Å². The van der Waals surface area contributed by atoms with Gasteiger partial charge in [0.2, 0.25) is 17.6 Å². The van der Waals surface area contributed by atoms with Crippen LogP contribution in [0.5, 0.6) is 5.75 Å². The molecule has 0 radical (unpaired) electrons. The van der Waals surface area contributed by atoms with Crippen molar-refractivity contribution < 1.29 is 32.7 Å². The highest BCUT2D eigenvalue weighted by Gasteiger charge is 2.37. The minimum atomic E-state index is -1.78. The van der Waals surface area contributed by atoms with Crippen LogP contribution < -0.4 is 21.2 Å². The largest absolute Gasteiger partial charge is 0.503 e. The summed E-state index contributed by atoms with van der Waals surface area (Å²) in [6.07, 6.45) is 8.96. The molecule has 316 valence electrons. The zero-order valence-electron chi connectivity index (χ0n) is 33.5. The number of carbonyl (C=O) groups is 3. The number of anilines is 1. The molecule has 60 heavy (non-hydrogen) atoms. The molecule has 3 N–H and O–H groups in total. The average molecular weight is 827 g/mol. The van der Waals surface area contributed by atoms with E-state index in [0.29, 0.717) is 29.8 Å². The average Bonchev–Trinajstić information content (AvgIpc) is 3.93. The number of phenolic OH excluding ortho intramolecular Hbond substituents is 1. The fraction of sp³-hybridized carbons (Fsp3) is 0.477. The van der Waals surface area contributed by atoms with Crippen molar-refractivity contribution in [1.82, 2.24) is 34.4 Å². The van der Waals surface area contributed by atoms with Crippen molar-refractivity contribution in [2.24, 2.45) is 24.8 Å². The number of nitrogens with zero attached hydrogens (tertiary/aromatic N) is 6. The molecule has 16 heteroatoms. The molecule has 3 aliphatic heterocycles. The summed E-state index contributed by atoms with van der Waals surface area (Å²) in [5, 5.41) is 20.3. The number of phenols is 1. The van der Waals surface area contributed by atoms with Crippen LogP contribution in [-0.2, 0) is 23.1 Å². The first-order valence-corrected chi connectivity index (χ1v) is 21.1. The third-order valence-electron chi connectivity index (χ3n) is 13.5. The Morgan fingerprint density at radius 1 is 0.917 bits per heavy atom. The molecule has 2 aromatic heterocycles. The van der Waals surface area contributed by atoms with Crippen molar-refractivity contribution in [2.75, 3.05) is 44.2 Å². The van der Waals surface area contributed by atoms with E-state index in [1.165, 1.54) is 10.3 Å². The van der Waals surface area contributed by atoms with E-state index in [-0.39, 0.29) is 36.5 Å². The van der Waals surface area contributed by atoms with Crippen LogP contribution in [0.2, 0.25) is 0 Å². The summed E-state index contributed by atoms with van der Waals surface area (Å²) in [6, 6.07) is 12.6. The fourth-order valence-corrected chi connectivity index (χ4v) is 10.1. The monoisotopic (exact) mass is 826 g/mol. The molecular weight excluding hydrogens is 778 g/mol. The highest BCUT2D eigenvalue weighted by molar-refractivity contribution is 6.00. The molecule has 3 amide bonds. The normalized spacial score (nSPS) is 23.7. The number of halogens is 3. The SMILES string of the molecule is Cn1c(=O)n(C2CCC(=O)NC2=O)c2ccc(CCCN3C[C@@H]4CCN(c5ccc6cn([C@H]7CC[C@H](CNC(=O)c8cc(F)c(O)c(F)c8F)CC7)nc6c5)C[C@@H]4C3)cc21. The Morgan fingerprint density at radius 3 is 2.52 bits per heavy atom. The number of hydrogen-bond acceptors (Lipinski definition) is 8. The maximum atomic E-state index is 14.2. The lowest BCUT2D eigenvalue weighted by atomic mass is 9.86. The fourth-order valence-electron chi connectivity index (χ4n) is 10.1. The van der Waals surface area contributed by atoms with E-state index in [0.717, 1.165) is 99.7 Å². The molecule has 3 atom stereocenters.